The highest BCUT2D eigenvalue weighted by molar-refractivity contribution is 5.96. The van der Waals surface area contributed by atoms with Gasteiger partial charge in [-0.3, -0.25) is 14.9 Å². The molecule has 8 heteroatoms. The summed E-state index contributed by atoms with van der Waals surface area (Å²) in [6.07, 6.45) is 0.232. The zero-order valence-corrected chi connectivity index (χ0v) is 10.5. The van der Waals surface area contributed by atoms with Crippen molar-refractivity contribution in [3.05, 3.63) is 34.1 Å². The molecule has 1 aromatic rings. The van der Waals surface area contributed by atoms with Gasteiger partial charge < -0.3 is 15.8 Å². The molecular weight excluding hydrogens is 269 g/mol. The lowest BCUT2D eigenvalue weighted by atomic mass is 10.2. The van der Waals surface area contributed by atoms with Gasteiger partial charge in [0, 0.05) is 18.7 Å². The van der Waals surface area contributed by atoms with Gasteiger partial charge in [-0.15, -0.1) is 0 Å². The van der Waals surface area contributed by atoms with Gasteiger partial charge in [0.2, 0.25) is 0 Å². The summed E-state index contributed by atoms with van der Waals surface area (Å²) in [5.74, 6) is -1.20. The molecule has 20 heavy (non-hydrogen) atoms. The molecule has 0 aromatic heterocycles. The average molecular weight is 283 g/mol. The molecule has 2 unspecified atom stereocenters. The number of anilines is 1. The van der Waals surface area contributed by atoms with Crippen molar-refractivity contribution >= 4 is 17.3 Å². The number of hydrogen-bond acceptors (Lipinski definition) is 5. The molecule has 1 aliphatic rings. The highest BCUT2D eigenvalue weighted by atomic mass is 19.1. The number of amides is 1. The summed E-state index contributed by atoms with van der Waals surface area (Å²) < 4.78 is 18.5. The molecule has 7 nitrogen and oxygen atoms in total. The maximum Gasteiger partial charge on any atom is 0.292 e. The first-order valence-corrected chi connectivity index (χ1v) is 6.11. The zero-order chi connectivity index (χ0) is 14.7. The Morgan fingerprint density at radius 3 is 2.90 bits per heavy atom. The summed E-state index contributed by atoms with van der Waals surface area (Å²) in [6.45, 7) is 0.309. The number of hydrogen-bond donors (Lipinski definition) is 2. The SMILES string of the molecule is NCC1CCC(C(=O)Nc2cc(F)ccc2[N+](=O)[O-])O1. The number of nitro groups is 1. The van der Waals surface area contributed by atoms with E-state index in [1.54, 1.807) is 0 Å². The van der Waals surface area contributed by atoms with Crippen molar-refractivity contribution in [2.45, 2.75) is 25.0 Å². The summed E-state index contributed by atoms with van der Waals surface area (Å²) in [4.78, 5) is 22.1. The molecule has 1 heterocycles. The molecule has 1 aromatic carbocycles. The van der Waals surface area contributed by atoms with Crippen LogP contribution in [0.25, 0.3) is 0 Å². The Morgan fingerprint density at radius 1 is 1.55 bits per heavy atom. The first-order valence-electron chi connectivity index (χ1n) is 6.11. The number of rotatable bonds is 4. The number of benzene rings is 1. The van der Waals surface area contributed by atoms with Crippen LogP contribution in [-0.2, 0) is 9.53 Å². The van der Waals surface area contributed by atoms with Gasteiger partial charge in [-0.25, -0.2) is 4.39 Å². The normalized spacial score (nSPS) is 21.7. The van der Waals surface area contributed by atoms with Crippen molar-refractivity contribution in [1.82, 2.24) is 0 Å². The van der Waals surface area contributed by atoms with Crippen LogP contribution in [0.4, 0.5) is 15.8 Å². The predicted molar refractivity (Wildman–Crippen MR) is 68.6 cm³/mol. The van der Waals surface area contributed by atoms with Crippen LogP contribution in [0.3, 0.4) is 0 Å². The van der Waals surface area contributed by atoms with Crippen LogP contribution >= 0.6 is 0 Å². The minimum atomic E-state index is -0.716. The topological polar surface area (TPSA) is 107 Å². The quantitative estimate of drug-likeness (QED) is 0.637. The fourth-order valence-corrected chi connectivity index (χ4v) is 2.05. The highest BCUT2D eigenvalue weighted by Gasteiger charge is 2.31. The number of nitrogens with two attached hydrogens (primary N) is 1. The van der Waals surface area contributed by atoms with Crippen molar-refractivity contribution in [1.29, 1.82) is 0 Å². The molecule has 0 radical (unpaired) electrons. The van der Waals surface area contributed by atoms with Gasteiger partial charge in [0.1, 0.15) is 17.6 Å². The van der Waals surface area contributed by atoms with Gasteiger partial charge in [0.05, 0.1) is 11.0 Å². The van der Waals surface area contributed by atoms with Gasteiger partial charge in [-0.2, -0.15) is 0 Å². The van der Waals surface area contributed by atoms with Crippen molar-refractivity contribution in [3.8, 4) is 0 Å². The molecule has 108 valence electrons. The second-order valence-electron chi connectivity index (χ2n) is 4.47. The minimum absolute atomic E-state index is 0.181. The molecule has 2 rings (SSSR count). The first-order chi connectivity index (χ1) is 9.51. The zero-order valence-electron chi connectivity index (χ0n) is 10.5. The lowest BCUT2D eigenvalue weighted by Gasteiger charge is -2.12. The molecule has 0 bridgehead atoms. The third-order valence-corrected chi connectivity index (χ3v) is 3.08. The van der Waals surface area contributed by atoms with E-state index in [-0.39, 0.29) is 17.5 Å². The number of carbonyl (C=O) groups excluding carboxylic acids is 1. The fraction of sp³-hybridized carbons (Fsp3) is 0.417. The number of ether oxygens (including phenoxy) is 1. The van der Waals surface area contributed by atoms with Crippen molar-refractivity contribution in [3.63, 3.8) is 0 Å². The van der Waals surface area contributed by atoms with Crippen LogP contribution in [0.5, 0.6) is 0 Å². The van der Waals surface area contributed by atoms with E-state index in [1.807, 2.05) is 0 Å². The summed E-state index contributed by atoms with van der Waals surface area (Å²) >= 11 is 0. The summed E-state index contributed by atoms with van der Waals surface area (Å²) in [7, 11) is 0. The van der Waals surface area contributed by atoms with Crippen LogP contribution in [0, 0.1) is 15.9 Å². The molecule has 2 atom stereocenters. The molecule has 3 N–H and O–H groups in total. The van der Waals surface area contributed by atoms with E-state index in [0.717, 1.165) is 18.2 Å². The van der Waals surface area contributed by atoms with Crippen molar-refractivity contribution < 1.29 is 18.8 Å². The Labute approximate surface area is 114 Å². The number of nitrogens with zero attached hydrogens (tertiary/aromatic N) is 1. The Kier molecular flexibility index (Phi) is 4.26. The number of nitrogens with one attached hydrogen (secondary N) is 1. The van der Waals surface area contributed by atoms with E-state index in [1.165, 1.54) is 0 Å². The van der Waals surface area contributed by atoms with Gasteiger partial charge in [0.15, 0.2) is 0 Å². The molecule has 1 saturated heterocycles. The molecule has 1 amide bonds. The van der Waals surface area contributed by atoms with E-state index >= 15 is 0 Å². The molecule has 0 spiro atoms. The maximum absolute atomic E-state index is 13.1. The number of halogens is 1. The van der Waals surface area contributed by atoms with E-state index in [4.69, 9.17) is 10.5 Å². The first kappa shape index (κ1) is 14.4. The Balaban J connectivity index is 2.11. The van der Waals surface area contributed by atoms with E-state index in [2.05, 4.69) is 5.32 Å². The fourth-order valence-electron chi connectivity index (χ4n) is 2.05. The Morgan fingerprint density at radius 2 is 2.30 bits per heavy atom. The molecule has 1 fully saturated rings. The Hall–Kier alpha value is -2.06. The van der Waals surface area contributed by atoms with Gasteiger partial charge in [-0.05, 0) is 18.9 Å². The lowest BCUT2D eigenvalue weighted by molar-refractivity contribution is -0.384. The largest absolute Gasteiger partial charge is 0.364 e. The van der Waals surface area contributed by atoms with Crippen LogP contribution in [0.2, 0.25) is 0 Å². The summed E-state index contributed by atoms with van der Waals surface area (Å²) in [6, 6.07) is 2.87. The summed E-state index contributed by atoms with van der Waals surface area (Å²) in [5, 5.41) is 13.2. The monoisotopic (exact) mass is 283 g/mol. The van der Waals surface area contributed by atoms with Crippen LogP contribution in [0.15, 0.2) is 18.2 Å². The van der Waals surface area contributed by atoms with E-state index < -0.39 is 22.8 Å². The Bertz CT molecular complexity index is 537. The highest BCUT2D eigenvalue weighted by Crippen LogP contribution is 2.27. The van der Waals surface area contributed by atoms with Crippen LogP contribution in [-0.4, -0.2) is 29.6 Å². The van der Waals surface area contributed by atoms with Crippen molar-refractivity contribution in [2.75, 3.05) is 11.9 Å². The third kappa shape index (κ3) is 3.09. The molecule has 1 aliphatic heterocycles. The second kappa shape index (κ2) is 5.93. The number of carbonyl (C=O) groups is 1. The standard InChI is InChI=1S/C12H14FN3O4/c13-7-1-3-10(16(18)19)9(5-7)15-12(17)11-4-2-8(6-14)20-11/h1,3,5,8,11H,2,4,6,14H2,(H,15,17). The predicted octanol–water partition coefficient (Wildman–Crippen LogP) is 1.18. The van der Waals surface area contributed by atoms with Crippen LogP contribution < -0.4 is 11.1 Å². The average Bonchev–Trinajstić information content (AvgIpc) is 2.87. The lowest BCUT2D eigenvalue weighted by Crippen LogP contribution is -2.30. The summed E-state index contributed by atoms with van der Waals surface area (Å²) in [5.41, 5.74) is 4.89. The maximum atomic E-state index is 13.1. The van der Waals surface area contributed by atoms with Crippen LogP contribution in [0.1, 0.15) is 12.8 Å². The smallest absolute Gasteiger partial charge is 0.292 e. The van der Waals surface area contributed by atoms with Gasteiger partial charge in [-0.1, -0.05) is 0 Å². The van der Waals surface area contributed by atoms with E-state index in [9.17, 15) is 19.3 Å². The van der Waals surface area contributed by atoms with E-state index in [0.29, 0.717) is 19.4 Å². The molecule has 0 saturated carbocycles. The molecule has 0 aliphatic carbocycles. The second-order valence-corrected chi connectivity index (χ2v) is 4.47. The van der Waals surface area contributed by atoms with Gasteiger partial charge >= 0.3 is 0 Å². The third-order valence-electron chi connectivity index (χ3n) is 3.08. The van der Waals surface area contributed by atoms with Crippen molar-refractivity contribution in [2.24, 2.45) is 5.73 Å². The minimum Gasteiger partial charge on any atom is -0.364 e. The molecular formula is C12H14FN3O4. The number of nitro benzene ring substituents is 1. The van der Waals surface area contributed by atoms with Gasteiger partial charge in [0.25, 0.3) is 11.6 Å².